The van der Waals surface area contributed by atoms with Crippen molar-refractivity contribution in [3.63, 3.8) is 0 Å². The minimum absolute atomic E-state index is 0.0103. The molecule has 0 radical (unpaired) electrons. The lowest BCUT2D eigenvalue weighted by Crippen LogP contribution is -2.70. The Labute approximate surface area is 335 Å². The molecule has 3 aliphatic rings. The average molecular weight is 796 g/mol. The Morgan fingerprint density at radius 2 is 1.86 bits per heavy atom. The summed E-state index contributed by atoms with van der Waals surface area (Å²) in [5.74, 6) is -1.10. The maximum atomic E-state index is 14.0. The smallest absolute Gasteiger partial charge is 0.412 e. The Morgan fingerprint density at radius 3 is 2.55 bits per heavy atom. The Morgan fingerprint density at radius 1 is 1.09 bits per heavy atom. The standard InChI is InChI=1S/C43H58ClN3O9/c1-4-21-47(42(51)52-25-20-44)38-28-36(46-54-29-30-14-8-7-9-15-30)34-26-31(16-10-12-22-48)33(17-11-13-23-49)39-35-27-32(55-41(50)45-6-3)18-19-37(35)56-43(38,40(34)39)53-24-5-2/h5,7-9,14-15,18-19,26-27,31,33,38-40,48-49H,2,4,6,10-13,16-17,20-25,28-29H2,1,3H3,(H,45,50). The van der Waals surface area contributed by atoms with Crippen molar-refractivity contribution < 1.29 is 43.6 Å². The SMILES string of the molecule is C=CCOC12Oc3ccc(OC(=O)NCC)cc3C3C(CCCCO)C(CCCCO)C=C(C(=NOCc4ccccc4)CC1N(CCC)C(=O)OCCCl)C32. The van der Waals surface area contributed by atoms with E-state index in [1.807, 2.05) is 56.3 Å². The predicted octanol–water partition coefficient (Wildman–Crippen LogP) is 7.72. The van der Waals surface area contributed by atoms with Crippen molar-refractivity contribution in [3.05, 3.63) is 84.0 Å². The van der Waals surface area contributed by atoms with Crippen molar-refractivity contribution in [2.75, 3.05) is 45.4 Å². The summed E-state index contributed by atoms with van der Waals surface area (Å²) in [6, 6.07) is 14.5. The van der Waals surface area contributed by atoms with Gasteiger partial charge in [-0.3, -0.25) is 4.90 Å². The van der Waals surface area contributed by atoms with E-state index in [4.69, 9.17) is 40.5 Å². The molecule has 13 heteroatoms. The normalized spacial score (nSPS) is 24.2. The van der Waals surface area contributed by atoms with Crippen molar-refractivity contribution in [3.8, 4) is 11.5 Å². The highest BCUT2D eigenvalue weighted by Gasteiger charge is 2.65. The molecule has 3 N–H and O–H groups in total. The van der Waals surface area contributed by atoms with Gasteiger partial charge in [-0.25, -0.2) is 9.59 Å². The van der Waals surface area contributed by atoms with Gasteiger partial charge in [0.15, 0.2) is 0 Å². The number of alkyl halides is 1. The molecular formula is C43H58ClN3O9. The van der Waals surface area contributed by atoms with Gasteiger partial charge in [-0.2, -0.15) is 0 Å². The van der Waals surface area contributed by atoms with Gasteiger partial charge in [0.1, 0.15) is 30.8 Å². The minimum atomic E-state index is -1.43. The van der Waals surface area contributed by atoms with Crippen LogP contribution in [-0.4, -0.2) is 90.2 Å². The number of ether oxygens (including phenoxy) is 4. The quantitative estimate of drug-likeness (QED) is 0.0500. The van der Waals surface area contributed by atoms with Crippen LogP contribution in [0.4, 0.5) is 9.59 Å². The molecule has 1 aliphatic heterocycles. The Bertz CT molecular complexity index is 1660. The summed E-state index contributed by atoms with van der Waals surface area (Å²) in [4.78, 5) is 34.5. The van der Waals surface area contributed by atoms with E-state index in [9.17, 15) is 19.8 Å². The molecule has 0 spiro atoms. The highest BCUT2D eigenvalue weighted by Crippen LogP contribution is 2.62. The first-order valence-electron chi connectivity index (χ1n) is 20.0. The van der Waals surface area contributed by atoms with E-state index in [0.717, 1.165) is 42.4 Å². The maximum Gasteiger partial charge on any atom is 0.412 e. The molecule has 0 aromatic heterocycles. The lowest BCUT2D eigenvalue weighted by Gasteiger charge is -2.59. The molecule has 0 bridgehead atoms. The Balaban J connectivity index is 1.76. The zero-order chi connectivity index (χ0) is 39.9. The van der Waals surface area contributed by atoms with E-state index < -0.39 is 29.9 Å². The number of oxime groups is 1. The molecule has 2 aliphatic carbocycles. The van der Waals surface area contributed by atoms with Crippen molar-refractivity contribution in [1.29, 1.82) is 0 Å². The van der Waals surface area contributed by atoms with E-state index >= 15 is 0 Å². The third-order valence-corrected chi connectivity index (χ3v) is 11.0. The minimum Gasteiger partial charge on any atom is -0.459 e. The summed E-state index contributed by atoms with van der Waals surface area (Å²) in [5.41, 5.74) is 3.38. The number of hydrogen-bond donors (Lipinski definition) is 3. The number of allylic oxidation sites excluding steroid dienone is 1. The van der Waals surface area contributed by atoms with Gasteiger partial charge in [-0.1, -0.05) is 67.4 Å². The molecule has 2 amide bonds. The van der Waals surface area contributed by atoms with Gasteiger partial charge < -0.3 is 39.3 Å². The molecule has 1 fully saturated rings. The van der Waals surface area contributed by atoms with Crippen molar-refractivity contribution >= 4 is 29.5 Å². The van der Waals surface area contributed by atoms with Gasteiger partial charge in [-0.05, 0) is 80.2 Å². The third kappa shape index (κ3) is 10.1. The van der Waals surface area contributed by atoms with Crippen molar-refractivity contribution in [1.82, 2.24) is 10.2 Å². The monoisotopic (exact) mass is 795 g/mol. The summed E-state index contributed by atoms with van der Waals surface area (Å²) in [6.45, 7) is 9.13. The number of benzene rings is 2. The van der Waals surface area contributed by atoms with Gasteiger partial charge in [0, 0.05) is 44.2 Å². The number of nitrogens with zero attached hydrogens (tertiary/aromatic N) is 2. The van der Waals surface area contributed by atoms with Crippen LogP contribution >= 0.6 is 11.6 Å². The first-order valence-corrected chi connectivity index (χ1v) is 20.6. The molecule has 2 aromatic rings. The molecule has 6 atom stereocenters. The fraction of sp³-hybridized carbons (Fsp3) is 0.558. The van der Waals surface area contributed by atoms with Crippen molar-refractivity contribution in [2.45, 2.75) is 89.6 Å². The largest absolute Gasteiger partial charge is 0.459 e. The van der Waals surface area contributed by atoms with E-state index in [1.54, 1.807) is 17.0 Å². The van der Waals surface area contributed by atoms with Gasteiger partial charge in [-0.15, -0.1) is 18.2 Å². The highest BCUT2D eigenvalue weighted by atomic mass is 35.5. The Hall–Kier alpha value is -4.10. The second-order valence-electron chi connectivity index (χ2n) is 14.4. The second kappa shape index (κ2) is 21.4. The molecule has 5 rings (SSSR count). The van der Waals surface area contributed by atoms with E-state index in [1.165, 1.54) is 0 Å². The number of aliphatic hydroxyl groups excluding tert-OH is 2. The molecule has 6 unspecified atom stereocenters. The number of rotatable bonds is 21. The van der Waals surface area contributed by atoms with Crippen molar-refractivity contribution in [2.24, 2.45) is 22.9 Å². The second-order valence-corrected chi connectivity index (χ2v) is 14.8. The van der Waals surface area contributed by atoms with Crippen LogP contribution in [0.5, 0.6) is 11.5 Å². The zero-order valence-electron chi connectivity index (χ0n) is 32.7. The molecule has 1 heterocycles. The number of unbranched alkanes of at least 4 members (excludes halogenated alkanes) is 2. The van der Waals surface area contributed by atoms with Gasteiger partial charge in [0.05, 0.1) is 24.1 Å². The lowest BCUT2D eigenvalue weighted by molar-refractivity contribution is -0.255. The number of amides is 2. The molecule has 2 aromatic carbocycles. The van der Waals surface area contributed by atoms with Crippen LogP contribution in [0.3, 0.4) is 0 Å². The summed E-state index contributed by atoms with van der Waals surface area (Å²) in [6.07, 6.45) is 8.17. The van der Waals surface area contributed by atoms with Crippen LogP contribution in [0.2, 0.25) is 0 Å². The van der Waals surface area contributed by atoms with Crippen LogP contribution in [0.15, 0.2) is 78.0 Å². The topological polar surface area (TPSA) is 148 Å². The molecule has 56 heavy (non-hydrogen) atoms. The third-order valence-electron chi connectivity index (χ3n) is 10.8. The van der Waals surface area contributed by atoms with Crippen LogP contribution in [0.25, 0.3) is 0 Å². The first kappa shape index (κ1) is 43.0. The fourth-order valence-corrected chi connectivity index (χ4v) is 8.66. The highest BCUT2D eigenvalue weighted by molar-refractivity contribution is 6.18. The van der Waals surface area contributed by atoms with Crippen LogP contribution in [-0.2, 0) is 20.9 Å². The number of hydrogen-bond acceptors (Lipinski definition) is 10. The maximum absolute atomic E-state index is 14.0. The Kier molecular flexibility index (Phi) is 16.5. The zero-order valence-corrected chi connectivity index (χ0v) is 33.5. The molecule has 1 saturated carbocycles. The van der Waals surface area contributed by atoms with E-state index in [0.29, 0.717) is 49.6 Å². The summed E-state index contributed by atoms with van der Waals surface area (Å²) in [7, 11) is 0. The average Bonchev–Trinajstić information content (AvgIpc) is 3.20. The lowest BCUT2D eigenvalue weighted by atomic mass is 9.55. The van der Waals surface area contributed by atoms with Crippen LogP contribution in [0, 0.1) is 17.8 Å². The fourth-order valence-electron chi connectivity index (χ4n) is 8.58. The number of halogens is 1. The summed E-state index contributed by atoms with van der Waals surface area (Å²) in [5, 5.41) is 27.2. The molecule has 306 valence electrons. The van der Waals surface area contributed by atoms with Gasteiger partial charge in [0.2, 0.25) is 5.79 Å². The van der Waals surface area contributed by atoms with Crippen LogP contribution in [0.1, 0.15) is 82.3 Å². The van der Waals surface area contributed by atoms with E-state index in [2.05, 4.69) is 18.0 Å². The number of carbonyl (C=O) groups is 2. The molecule has 12 nitrogen and oxygen atoms in total. The summed E-state index contributed by atoms with van der Waals surface area (Å²) < 4.78 is 25.6. The number of aliphatic hydroxyl groups is 2. The van der Waals surface area contributed by atoms with Gasteiger partial charge >= 0.3 is 12.2 Å². The van der Waals surface area contributed by atoms with Gasteiger partial charge in [0.25, 0.3) is 0 Å². The number of carbonyl (C=O) groups excluding carboxylic acids is 2. The number of nitrogens with one attached hydrogen (secondary N) is 1. The summed E-state index contributed by atoms with van der Waals surface area (Å²) >= 11 is 6.00. The molecule has 0 saturated heterocycles. The first-order chi connectivity index (χ1) is 27.3. The molecular weight excluding hydrogens is 738 g/mol. The van der Waals surface area contributed by atoms with Crippen LogP contribution < -0.4 is 14.8 Å². The number of fused-ring (bicyclic) bond motifs is 2. The van der Waals surface area contributed by atoms with E-state index in [-0.39, 0.29) is 63.1 Å². The predicted molar refractivity (Wildman–Crippen MR) is 215 cm³/mol.